The van der Waals surface area contributed by atoms with Crippen molar-refractivity contribution >= 4 is 11.9 Å². The third kappa shape index (κ3) is 3.32. The van der Waals surface area contributed by atoms with Crippen molar-refractivity contribution in [2.75, 3.05) is 32.7 Å². The zero-order valence-corrected chi connectivity index (χ0v) is 12.6. The van der Waals surface area contributed by atoms with Crippen molar-refractivity contribution in [3.05, 3.63) is 24.2 Å². The second-order valence-electron chi connectivity index (χ2n) is 6.32. The Labute approximate surface area is 129 Å². The summed E-state index contributed by atoms with van der Waals surface area (Å²) in [6.45, 7) is 3.00. The number of furan rings is 1. The van der Waals surface area contributed by atoms with E-state index < -0.39 is 11.9 Å². The third-order valence-corrected chi connectivity index (χ3v) is 4.72. The fraction of sp³-hybridized carbons (Fsp3) is 0.625. The molecule has 2 aliphatic rings. The van der Waals surface area contributed by atoms with Crippen LogP contribution in [0, 0.1) is 11.8 Å². The maximum absolute atomic E-state index is 12.4. The van der Waals surface area contributed by atoms with Gasteiger partial charge >= 0.3 is 5.97 Å². The molecule has 2 fully saturated rings. The normalized spacial score (nSPS) is 23.8. The monoisotopic (exact) mass is 306 g/mol. The van der Waals surface area contributed by atoms with Gasteiger partial charge in [-0.05, 0) is 30.9 Å². The number of carboxylic acid groups (broad SMARTS) is 1. The summed E-state index contributed by atoms with van der Waals surface area (Å²) in [7, 11) is 0. The smallest absolute Gasteiger partial charge is 0.309 e. The van der Waals surface area contributed by atoms with Crippen molar-refractivity contribution in [1.82, 2.24) is 9.80 Å². The molecule has 6 nitrogen and oxygen atoms in total. The fourth-order valence-electron chi connectivity index (χ4n) is 3.18. The summed E-state index contributed by atoms with van der Waals surface area (Å²) >= 11 is 0. The predicted octanol–water partition coefficient (Wildman–Crippen LogP) is 1.54. The first-order valence-electron chi connectivity index (χ1n) is 7.91. The standard InChI is InChI=1S/C16H22N2O4/c19-15(14-5-2-8-22-14)18-7-6-17(9-12-3-1-4-12)10-13(11-18)16(20)21/h2,5,8,12-13H,1,3-4,6-7,9-11H2,(H,20,21). The summed E-state index contributed by atoms with van der Waals surface area (Å²) < 4.78 is 5.15. The molecule has 1 unspecified atom stereocenters. The average molecular weight is 306 g/mol. The van der Waals surface area contributed by atoms with E-state index in [9.17, 15) is 14.7 Å². The van der Waals surface area contributed by atoms with Gasteiger partial charge in [0.15, 0.2) is 5.76 Å². The number of hydrogen-bond donors (Lipinski definition) is 1. The van der Waals surface area contributed by atoms with E-state index in [2.05, 4.69) is 4.90 Å². The highest BCUT2D eigenvalue weighted by molar-refractivity contribution is 5.91. The molecule has 120 valence electrons. The number of carbonyl (C=O) groups is 2. The van der Waals surface area contributed by atoms with Gasteiger partial charge < -0.3 is 19.3 Å². The molecule has 22 heavy (non-hydrogen) atoms. The van der Waals surface area contributed by atoms with Gasteiger partial charge in [0.25, 0.3) is 5.91 Å². The Morgan fingerprint density at radius 2 is 2.09 bits per heavy atom. The highest BCUT2D eigenvalue weighted by atomic mass is 16.4. The first-order valence-corrected chi connectivity index (χ1v) is 7.91. The van der Waals surface area contributed by atoms with E-state index in [1.54, 1.807) is 17.0 Å². The molecule has 1 atom stereocenters. The first-order chi connectivity index (χ1) is 10.6. The number of carbonyl (C=O) groups excluding carboxylic acids is 1. The topological polar surface area (TPSA) is 74.0 Å². The van der Waals surface area contributed by atoms with Gasteiger partial charge in [0.1, 0.15) is 0 Å². The van der Waals surface area contributed by atoms with Crippen LogP contribution in [0.3, 0.4) is 0 Å². The Bertz CT molecular complexity index is 524. The van der Waals surface area contributed by atoms with Crippen LogP contribution >= 0.6 is 0 Å². The SMILES string of the molecule is O=C(O)C1CN(CC2CCC2)CCN(C(=O)c2ccco2)C1. The molecule has 6 heteroatoms. The lowest BCUT2D eigenvalue weighted by molar-refractivity contribution is -0.142. The molecule has 1 N–H and O–H groups in total. The minimum absolute atomic E-state index is 0.221. The molecule has 1 saturated carbocycles. The molecule has 1 aromatic rings. The maximum Gasteiger partial charge on any atom is 0.309 e. The highest BCUT2D eigenvalue weighted by Crippen LogP contribution is 2.28. The maximum atomic E-state index is 12.4. The Hall–Kier alpha value is -1.82. The zero-order chi connectivity index (χ0) is 15.5. The van der Waals surface area contributed by atoms with Crippen molar-refractivity contribution in [2.45, 2.75) is 19.3 Å². The van der Waals surface area contributed by atoms with Crippen LogP contribution in [-0.2, 0) is 4.79 Å². The van der Waals surface area contributed by atoms with Gasteiger partial charge in [0.2, 0.25) is 0 Å². The predicted molar refractivity (Wildman–Crippen MR) is 79.5 cm³/mol. The summed E-state index contributed by atoms with van der Waals surface area (Å²) in [4.78, 5) is 27.7. The molecule has 1 aromatic heterocycles. The van der Waals surface area contributed by atoms with Crippen molar-refractivity contribution in [3.8, 4) is 0 Å². The van der Waals surface area contributed by atoms with Crippen LogP contribution in [0.4, 0.5) is 0 Å². The molecule has 1 amide bonds. The van der Waals surface area contributed by atoms with Gasteiger partial charge in [-0.3, -0.25) is 9.59 Å². The molecule has 0 radical (unpaired) electrons. The van der Waals surface area contributed by atoms with Crippen LogP contribution in [0.2, 0.25) is 0 Å². The van der Waals surface area contributed by atoms with E-state index >= 15 is 0 Å². The summed E-state index contributed by atoms with van der Waals surface area (Å²) in [6.07, 6.45) is 5.22. The fourth-order valence-corrected chi connectivity index (χ4v) is 3.18. The van der Waals surface area contributed by atoms with Crippen LogP contribution < -0.4 is 0 Å². The summed E-state index contributed by atoms with van der Waals surface area (Å²) in [5.41, 5.74) is 0. The van der Waals surface area contributed by atoms with Gasteiger partial charge in [0, 0.05) is 32.7 Å². The molecule has 0 spiro atoms. The number of carboxylic acids is 1. The van der Waals surface area contributed by atoms with E-state index in [1.807, 2.05) is 0 Å². The van der Waals surface area contributed by atoms with Crippen molar-refractivity contribution in [3.63, 3.8) is 0 Å². The van der Waals surface area contributed by atoms with Gasteiger partial charge in [-0.25, -0.2) is 0 Å². The Morgan fingerprint density at radius 3 is 2.68 bits per heavy atom. The van der Waals surface area contributed by atoms with Crippen molar-refractivity contribution in [1.29, 1.82) is 0 Å². The molecule has 2 heterocycles. The Morgan fingerprint density at radius 1 is 1.27 bits per heavy atom. The molecule has 1 aliphatic carbocycles. The Kier molecular flexibility index (Phi) is 4.47. The minimum atomic E-state index is -0.835. The van der Waals surface area contributed by atoms with E-state index in [-0.39, 0.29) is 18.2 Å². The van der Waals surface area contributed by atoms with Crippen LogP contribution in [-0.4, -0.2) is 59.5 Å². The number of rotatable bonds is 4. The van der Waals surface area contributed by atoms with Crippen LogP contribution in [0.25, 0.3) is 0 Å². The lowest BCUT2D eigenvalue weighted by Crippen LogP contribution is -2.38. The molecular weight excluding hydrogens is 284 g/mol. The quantitative estimate of drug-likeness (QED) is 0.913. The van der Waals surface area contributed by atoms with Crippen LogP contribution in [0.1, 0.15) is 29.8 Å². The van der Waals surface area contributed by atoms with Crippen LogP contribution in [0.15, 0.2) is 22.8 Å². The number of aliphatic carboxylic acids is 1. The van der Waals surface area contributed by atoms with E-state index in [1.165, 1.54) is 25.5 Å². The average Bonchev–Trinajstić information content (AvgIpc) is 2.89. The Balaban J connectivity index is 1.68. The molecule has 1 aliphatic heterocycles. The lowest BCUT2D eigenvalue weighted by atomic mass is 9.85. The second kappa shape index (κ2) is 6.52. The largest absolute Gasteiger partial charge is 0.481 e. The number of nitrogens with zero attached hydrogens (tertiary/aromatic N) is 2. The van der Waals surface area contributed by atoms with Crippen molar-refractivity contribution < 1.29 is 19.1 Å². The molecule has 0 bridgehead atoms. The zero-order valence-electron chi connectivity index (χ0n) is 12.6. The van der Waals surface area contributed by atoms with Gasteiger partial charge in [-0.15, -0.1) is 0 Å². The van der Waals surface area contributed by atoms with Gasteiger partial charge in [0.05, 0.1) is 12.2 Å². The van der Waals surface area contributed by atoms with E-state index in [0.29, 0.717) is 19.0 Å². The molecule has 1 saturated heterocycles. The number of amides is 1. The van der Waals surface area contributed by atoms with E-state index in [4.69, 9.17) is 4.42 Å². The number of hydrogen-bond acceptors (Lipinski definition) is 4. The van der Waals surface area contributed by atoms with E-state index in [0.717, 1.165) is 13.1 Å². The molecular formula is C16H22N2O4. The summed E-state index contributed by atoms with van der Waals surface area (Å²) in [5, 5.41) is 9.43. The molecule has 3 rings (SSSR count). The molecule has 0 aromatic carbocycles. The van der Waals surface area contributed by atoms with Gasteiger partial charge in [-0.2, -0.15) is 0 Å². The summed E-state index contributed by atoms with van der Waals surface area (Å²) in [6, 6.07) is 3.29. The van der Waals surface area contributed by atoms with Crippen molar-refractivity contribution in [2.24, 2.45) is 11.8 Å². The minimum Gasteiger partial charge on any atom is -0.481 e. The summed E-state index contributed by atoms with van der Waals surface area (Å²) in [5.74, 6) is -0.626. The van der Waals surface area contributed by atoms with Gasteiger partial charge in [-0.1, -0.05) is 6.42 Å². The lowest BCUT2D eigenvalue weighted by Gasteiger charge is -2.32. The highest BCUT2D eigenvalue weighted by Gasteiger charge is 2.32. The third-order valence-electron chi connectivity index (χ3n) is 4.72. The second-order valence-corrected chi connectivity index (χ2v) is 6.32. The van der Waals surface area contributed by atoms with Crippen LogP contribution in [0.5, 0.6) is 0 Å². The first kappa shape index (κ1) is 15.1.